The first-order chi connectivity index (χ1) is 12.8. The fourth-order valence-electron chi connectivity index (χ4n) is 8.60. The standard InChI is InChI=1S/C24H36O3/c1-22-11-8-16(25)14-15(22)4-5-17-18-6-7-20(23(18,2)12-9-19(17)22)24(3)13-10-21(26)27-24/h4,16-20,25H,5-14H2,1-3H3/t16-,17?,18?,19?,20?,22-,23-,24?/m1/s1. The van der Waals surface area contributed by atoms with Crippen LogP contribution >= 0.6 is 0 Å². The van der Waals surface area contributed by atoms with Gasteiger partial charge < -0.3 is 9.84 Å². The van der Waals surface area contributed by atoms with Gasteiger partial charge in [-0.25, -0.2) is 0 Å². The molecule has 1 N–H and O–H groups in total. The van der Waals surface area contributed by atoms with Gasteiger partial charge in [-0.3, -0.25) is 4.79 Å². The van der Waals surface area contributed by atoms with Crippen LogP contribution < -0.4 is 0 Å². The van der Waals surface area contributed by atoms with Gasteiger partial charge >= 0.3 is 5.97 Å². The molecular weight excluding hydrogens is 336 g/mol. The average molecular weight is 373 g/mol. The van der Waals surface area contributed by atoms with E-state index in [2.05, 4.69) is 26.8 Å². The first kappa shape index (κ1) is 18.2. The lowest BCUT2D eigenvalue weighted by Crippen LogP contribution is -2.53. The van der Waals surface area contributed by atoms with Crippen LogP contribution in [0.5, 0.6) is 0 Å². The summed E-state index contributed by atoms with van der Waals surface area (Å²) in [6, 6.07) is 0. The van der Waals surface area contributed by atoms with Gasteiger partial charge in [0.2, 0.25) is 0 Å². The second-order valence-electron chi connectivity index (χ2n) is 11.1. The number of aliphatic hydroxyl groups is 1. The number of hydrogen-bond donors (Lipinski definition) is 1. The van der Waals surface area contributed by atoms with E-state index >= 15 is 0 Å². The first-order valence-corrected chi connectivity index (χ1v) is 11.4. The van der Waals surface area contributed by atoms with Gasteiger partial charge in [0, 0.05) is 12.3 Å². The molecule has 1 saturated heterocycles. The van der Waals surface area contributed by atoms with Crippen LogP contribution in [0.15, 0.2) is 11.6 Å². The SMILES string of the molecule is CC1(C2CCC3C4CC=C5C[C@H](O)CC[C@@]5(C)C4CC[C@]32C)CCC(=O)O1. The molecular formula is C24H36O3. The normalized spacial score (nSPS) is 54.6. The van der Waals surface area contributed by atoms with E-state index < -0.39 is 0 Å². The summed E-state index contributed by atoms with van der Waals surface area (Å²) in [5.74, 6) is 2.85. The van der Waals surface area contributed by atoms with Gasteiger partial charge in [0.25, 0.3) is 0 Å². The van der Waals surface area contributed by atoms with Crippen molar-refractivity contribution < 1.29 is 14.6 Å². The summed E-state index contributed by atoms with van der Waals surface area (Å²) in [7, 11) is 0. The van der Waals surface area contributed by atoms with E-state index in [9.17, 15) is 9.90 Å². The maximum Gasteiger partial charge on any atom is 0.306 e. The van der Waals surface area contributed by atoms with E-state index in [1.54, 1.807) is 5.57 Å². The highest BCUT2D eigenvalue weighted by Crippen LogP contribution is 2.68. The molecule has 4 fully saturated rings. The van der Waals surface area contributed by atoms with Crippen molar-refractivity contribution in [2.45, 2.75) is 96.7 Å². The monoisotopic (exact) mass is 372 g/mol. The Bertz CT molecular complexity index is 683. The minimum absolute atomic E-state index is 0.0109. The second-order valence-corrected chi connectivity index (χ2v) is 11.1. The molecule has 1 aliphatic heterocycles. The number of rotatable bonds is 1. The predicted octanol–water partition coefficient (Wildman–Crippen LogP) is 5.02. The lowest BCUT2D eigenvalue weighted by Gasteiger charge is -2.58. The molecule has 0 bridgehead atoms. The number of esters is 1. The molecule has 27 heavy (non-hydrogen) atoms. The molecule has 3 nitrogen and oxygen atoms in total. The van der Waals surface area contributed by atoms with Crippen molar-refractivity contribution in [1.29, 1.82) is 0 Å². The van der Waals surface area contributed by atoms with E-state index in [1.165, 1.54) is 32.1 Å². The summed E-state index contributed by atoms with van der Waals surface area (Å²) in [4.78, 5) is 11.9. The number of allylic oxidation sites excluding steroid dienone is 1. The Labute approximate surface area is 163 Å². The molecule has 150 valence electrons. The second kappa shape index (κ2) is 5.84. The molecule has 5 rings (SSSR count). The molecule has 3 saturated carbocycles. The first-order valence-electron chi connectivity index (χ1n) is 11.4. The van der Waals surface area contributed by atoms with E-state index in [1.807, 2.05) is 0 Å². The molecule has 5 unspecified atom stereocenters. The van der Waals surface area contributed by atoms with E-state index in [4.69, 9.17) is 4.74 Å². The molecule has 8 atom stereocenters. The van der Waals surface area contributed by atoms with Crippen LogP contribution in [0.4, 0.5) is 0 Å². The molecule has 5 aliphatic rings. The number of hydrogen-bond acceptors (Lipinski definition) is 3. The van der Waals surface area contributed by atoms with Crippen LogP contribution in [0.3, 0.4) is 0 Å². The molecule has 0 aromatic heterocycles. The average Bonchev–Trinajstić information content (AvgIpc) is 3.15. The molecule has 0 aromatic carbocycles. The van der Waals surface area contributed by atoms with Crippen LogP contribution in [-0.4, -0.2) is 22.8 Å². The van der Waals surface area contributed by atoms with Crippen molar-refractivity contribution in [2.75, 3.05) is 0 Å². The van der Waals surface area contributed by atoms with Crippen molar-refractivity contribution in [3.63, 3.8) is 0 Å². The van der Waals surface area contributed by atoms with Crippen LogP contribution in [0, 0.1) is 34.5 Å². The summed E-state index contributed by atoms with van der Waals surface area (Å²) in [6.45, 7) is 7.23. The number of fused-ring (bicyclic) bond motifs is 5. The van der Waals surface area contributed by atoms with Gasteiger partial charge in [0.05, 0.1) is 6.10 Å². The third kappa shape index (κ3) is 2.46. The van der Waals surface area contributed by atoms with Crippen molar-refractivity contribution in [2.24, 2.45) is 34.5 Å². The molecule has 4 aliphatic carbocycles. The topological polar surface area (TPSA) is 46.5 Å². The Kier molecular flexibility index (Phi) is 3.94. The third-order valence-electron chi connectivity index (χ3n) is 9.99. The molecule has 0 radical (unpaired) electrons. The minimum Gasteiger partial charge on any atom is -0.459 e. The predicted molar refractivity (Wildman–Crippen MR) is 105 cm³/mol. The highest BCUT2D eigenvalue weighted by atomic mass is 16.6. The fraction of sp³-hybridized carbons (Fsp3) is 0.875. The highest BCUT2D eigenvalue weighted by Gasteiger charge is 2.62. The van der Waals surface area contributed by atoms with Crippen molar-refractivity contribution in [3.8, 4) is 0 Å². The van der Waals surface area contributed by atoms with Crippen LogP contribution in [0.25, 0.3) is 0 Å². The third-order valence-corrected chi connectivity index (χ3v) is 9.99. The minimum atomic E-state index is -0.234. The Morgan fingerprint density at radius 2 is 1.85 bits per heavy atom. The van der Waals surface area contributed by atoms with Gasteiger partial charge in [-0.2, -0.15) is 0 Å². The zero-order valence-corrected chi connectivity index (χ0v) is 17.3. The smallest absolute Gasteiger partial charge is 0.306 e. The summed E-state index contributed by atoms with van der Waals surface area (Å²) in [5, 5.41) is 10.2. The zero-order chi connectivity index (χ0) is 19.0. The fourth-order valence-corrected chi connectivity index (χ4v) is 8.60. The van der Waals surface area contributed by atoms with Gasteiger partial charge in [-0.1, -0.05) is 25.5 Å². The molecule has 0 amide bonds. The molecule has 1 heterocycles. The molecule has 0 aromatic rings. The Morgan fingerprint density at radius 1 is 1.04 bits per heavy atom. The number of ether oxygens (including phenoxy) is 1. The van der Waals surface area contributed by atoms with Crippen molar-refractivity contribution in [3.05, 3.63) is 11.6 Å². The van der Waals surface area contributed by atoms with Crippen LogP contribution in [0.2, 0.25) is 0 Å². The van der Waals surface area contributed by atoms with Gasteiger partial charge in [-0.15, -0.1) is 0 Å². The summed E-state index contributed by atoms with van der Waals surface area (Å²) < 4.78 is 5.92. The lowest BCUT2D eigenvalue weighted by atomic mass is 9.46. The highest BCUT2D eigenvalue weighted by molar-refractivity contribution is 5.72. The largest absolute Gasteiger partial charge is 0.459 e. The lowest BCUT2D eigenvalue weighted by molar-refractivity contribution is -0.158. The number of cyclic esters (lactones) is 1. The number of carbonyl (C=O) groups excluding carboxylic acids is 1. The quantitative estimate of drug-likeness (QED) is 0.519. The van der Waals surface area contributed by atoms with Crippen molar-refractivity contribution >= 4 is 5.97 Å². The van der Waals surface area contributed by atoms with E-state index in [0.29, 0.717) is 23.2 Å². The maximum atomic E-state index is 11.9. The molecule has 3 heteroatoms. The Hall–Kier alpha value is -0.830. The summed E-state index contributed by atoms with van der Waals surface area (Å²) >= 11 is 0. The van der Waals surface area contributed by atoms with E-state index in [0.717, 1.165) is 43.4 Å². The van der Waals surface area contributed by atoms with Gasteiger partial charge in [0.15, 0.2) is 0 Å². The summed E-state index contributed by atoms with van der Waals surface area (Å²) in [5.41, 5.74) is 1.95. The number of carbonyl (C=O) groups is 1. The zero-order valence-electron chi connectivity index (χ0n) is 17.3. The van der Waals surface area contributed by atoms with Gasteiger partial charge in [0.1, 0.15) is 5.60 Å². The van der Waals surface area contributed by atoms with E-state index in [-0.39, 0.29) is 17.7 Å². The van der Waals surface area contributed by atoms with Crippen LogP contribution in [0.1, 0.15) is 85.0 Å². The molecule has 0 spiro atoms. The Morgan fingerprint density at radius 3 is 2.59 bits per heavy atom. The summed E-state index contributed by atoms with van der Waals surface area (Å²) in [6.07, 6.45) is 13.2. The maximum absolute atomic E-state index is 11.9. The van der Waals surface area contributed by atoms with Gasteiger partial charge in [-0.05, 0) is 93.3 Å². The van der Waals surface area contributed by atoms with Crippen molar-refractivity contribution in [1.82, 2.24) is 0 Å². The Balaban J connectivity index is 1.44. The number of aliphatic hydroxyl groups excluding tert-OH is 1. The van der Waals surface area contributed by atoms with Crippen LogP contribution in [-0.2, 0) is 9.53 Å².